The molecule has 1 spiro atoms. The Hall–Kier alpha value is -1.35. The van der Waals surface area contributed by atoms with Crippen molar-refractivity contribution in [2.75, 3.05) is 0 Å². The Morgan fingerprint density at radius 2 is 2.41 bits per heavy atom. The summed E-state index contributed by atoms with van der Waals surface area (Å²) in [5.41, 5.74) is 1.92. The molecule has 0 unspecified atom stereocenters. The van der Waals surface area contributed by atoms with Crippen LogP contribution in [0, 0.1) is 0 Å². The van der Waals surface area contributed by atoms with Gasteiger partial charge in [-0.3, -0.25) is 4.79 Å². The highest BCUT2D eigenvalue weighted by Gasteiger charge is 2.46. The minimum Gasteiger partial charge on any atom is -0.427 e. The summed E-state index contributed by atoms with van der Waals surface area (Å²) in [7, 11) is 0. The van der Waals surface area contributed by atoms with E-state index >= 15 is 0 Å². The molecule has 2 heterocycles. The van der Waals surface area contributed by atoms with E-state index in [9.17, 15) is 4.79 Å². The Balaban J connectivity index is 2.11. The summed E-state index contributed by atoms with van der Waals surface area (Å²) < 4.78 is 11.5. The molecule has 3 heteroatoms. The molecule has 2 bridgehead atoms. The molecule has 0 saturated heterocycles. The molecule has 3 rings (SSSR count). The van der Waals surface area contributed by atoms with Crippen molar-refractivity contribution >= 4 is 5.97 Å². The van der Waals surface area contributed by atoms with Crippen LogP contribution in [0.4, 0.5) is 0 Å². The zero-order chi connectivity index (χ0) is 12.0. The van der Waals surface area contributed by atoms with Gasteiger partial charge in [-0.1, -0.05) is 6.08 Å². The van der Waals surface area contributed by atoms with Gasteiger partial charge in [0.15, 0.2) is 0 Å². The molecule has 0 aromatic heterocycles. The third-order valence-electron chi connectivity index (χ3n) is 3.72. The fraction of sp³-hybridized carbons (Fsp3) is 0.500. The van der Waals surface area contributed by atoms with E-state index in [1.807, 2.05) is 13.0 Å². The van der Waals surface area contributed by atoms with Crippen LogP contribution in [0.5, 0.6) is 0 Å². The van der Waals surface area contributed by atoms with Gasteiger partial charge in [0.2, 0.25) is 0 Å². The second kappa shape index (κ2) is 3.57. The Labute approximate surface area is 101 Å². The van der Waals surface area contributed by atoms with E-state index in [4.69, 9.17) is 9.47 Å². The molecule has 0 N–H and O–H groups in total. The molecule has 0 radical (unpaired) electrons. The molecule has 1 saturated carbocycles. The first-order valence-corrected chi connectivity index (χ1v) is 6.08. The highest BCUT2D eigenvalue weighted by Crippen LogP contribution is 2.48. The molecule has 17 heavy (non-hydrogen) atoms. The normalized spacial score (nSPS) is 34.5. The summed E-state index contributed by atoms with van der Waals surface area (Å²) in [6, 6.07) is 0. The zero-order valence-electron chi connectivity index (χ0n) is 10.2. The fourth-order valence-electron chi connectivity index (χ4n) is 2.95. The highest BCUT2D eigenvalue weighted by molar-refractivity contribution is 5.68. The molecule has 1 fully saturated rings. The predicted octanol–water partition coefficient (Wildman–Crippen LogP) is 2.64. The summed E-state index contributed by atoms with van der Waals surface area (Å²) in [5.74, 6) is 0.444. The van der Waals surface area contributed by atoms with E-state index < -0.39 is 0 Å². The van der Waals surface area contributed by atoms with E-state index in [0.29, 0.717) is 5.76 Å². The first-order valence-electron chi connectivity index (χ1n) is 6.08. The number of rotatable bonds is 1. The first kappa shape index (κ1) is 10.8. The van der Waals surface area contributed by atoms with Crippen molar-refractivity contribution in [1.82, 2.24) is 0 Å². The number of fused-ring (bicyclic) bond motifs is 1. The predicted molar refractivity (Wildman–Crippen MR) is 63.1 cm³/mol. The highest BCUT2D eigenvalue weighted by atomic mass is 16.5. The molecular formula is C14H16O3. The molecule has 1 aliphatic carbocycles. The topological polar surface area (TPSA) is 35.5 Å². The van der Waals surface area contributed by atoms with Crippen molar-refractivity contribution in [2.24, 2.45) is 0 Å². The lowest BCUT2D eigenvalue weighted by molar-refractivity contribution is -0.136. The van der Waals surface area contributed by atoms with Crippen LogP contribution in [0.15, 0.2) is 35.1 Å². The van der Waals surface area contributed by atoms with E-state index in [1.54, 1.807) is 0 Å². The third kappa shape index (κ3) is 1.57. The van der Waals surface area contributed by atoms with Gasteiger partial charge >= 0.3 is 5.97 Å². The molecule has 2 atom stereocenters. The van der Waals surface area contributed by atoms with Crippen molar-refractivity contribution in [3.05, 3.63) is 35.1 Å². The number of carbonyl (C=O) groups is 1. The van der Waals surface area contributed by atoms with Gasteiger partial charge in [-0.05, 0) is 43.9 Å². The summed E-state index contributed by atoms with van der Waals surface area (Å²) in [4.78, 5) is 11.2. The number of allylic oxidation sites excluding steroid dienone is 1. The lowest BCUT2D eigenvalue weighted by Gasteiger charge is -2.25. The maximum atomic E-state index is 11.2. The largest absolute Gasteiger partial charge is 0.427 e. The smallest absolute Gasteiger partial charge is 0.308 e. The summed E-state index contributed by atoms with van der Waals surface area (Å²) >= 11 is 0. The number of hydrogen-bond donors (Lipinski definition) is 0. The van der Waals surface area contributed by atoms with Gasteiger partial charge in [-0.25, -0.2) is 0 Å². The van der Waals surface area contributed by atoms with Crippen molar-refractivity contribution in [2.45, 2.75) is 44.8 Å². The maximum Gasteiger partial charge on any atom is 0.308 e. The van der Waals surface area contributed by atoms with E-state index in [-0.39, 0.29) is 17.7 Å². The van der Waals surface area contributed by atoms with Crippen LogP contribution in [0.1, 0.15) is 33.1 Å². The summed E-state index contributed by atoms with van der Waals surface area (Å²) in [6.45, 7) is 3.46. The van der Waals surface area contributed by atoms with Crippen LogP contribution in [-0.4, -0.2) is 17.7 Å². The van der Waals surface area contributed by atoms with Crippen molar-refractivity contribution in [1.29, 1.82) is 0 Å². The Kier molecular flexibility index (Phi) is 2.26. The molecule has 0 aromatic carbocycles. The SMILES string of the molecule is CC(=O)OC1=C2CCC[C@]23C=C[C@@H](O3)C(C)=C1. The lowest BCUT2D eigenvalue weighted by atomic mass is 9.94. The van der Waals surface area contributed by atoms with Crippen molar-refractivity contribution in [3.8, 4) is 0 Å². The molecular weight excluding hydrogens is 216 g/mol. The van der Waals surface area contributed by atoms with Gasteiger partial charge in [-0.2, -0.15) is 0 Å². The lowest BCUT2D eigenvalue weighted by Crippen LogP contribution is -2.27. The minimum absolute atomic E-state index is 0.0381. The molecule has 3 aliphatic rings. The molecule has 0 amide bonds. The van der Waals surface area contributed by atoms with E-state index in [2.05, 4.69) is 12.2 Å². The Morgan fingerprint density at radius 3 is 3.18 bits per heavy atom. The number of esters is 1. The second-order valence-corrected chi connectivity index (χ2v) is 4.97. The molecule has 2 aliphatic heterocycles. The van der Waals surface area contributed by atoms with Crippen LogP contribution in [0.2, 0.25) is 0 Å². The van der Waals surface area contributed by atoms with Crippen molar-refractivity contribution in [3.63, 3.8) is 0 Å². The maximum absolute atomic E-state index is 11.2. The van der Waals surface area contributed by atoms with Crippen LogP contribution >= 0.6 is 0 Å². The first-order chi connectivity index (χ1) is 8.11. The monoisotopic (exact) mass is 232 g/mol. The Morgan fingerprint density at radius 1 is 1.59 bits per heavy atom. The van der Waals surface area contributed by atoms with Gasteiger partial charge in [0, 0.05) is 12.5 Å². The van der Waals surface area contributed by atoms with Crippen molar-refractivity contribution < 1.29 is 14.3 Å². The summed E-state index contributed by atoms with van der Waals surface area (Å²) in [6.07, 6.45) is 9.27. The van der Waals surface area contributed by atoms with Gasteiger partial charge in [-0.15, -0.1) is 0 Å². The van der Waals surface area contributed by atoms with Crippen LogP contribution in [0.25, 0.3) is 0 Å². The standard InChI is InChI=1S/C14H16O3/c1-9-8-13(16-10(2)15)11-4-3-6-14(11)7-5-12(9)17-14/h5,7-8,12H,3-4,6H2,1-2H3/t12-,14+/m1/s1. The minimum atomic E-state index is -0.302. The second-order valence-electron chi connectivity index (χ2n) is 4.97. The van der Waals surface area contributed by atoms with E-state index in [0.717, 1.165) is 30.4 Å². The zero-order valence-corrected chi connectivity index (χ0v) is 10.2. The van der Waals surface area contributed by atoms with E-state index in [1.165, 1.54) is 6.92 Å². The van der Waals surface area contributed by atoms with Crippen LogP contribution < -0.4 is 0 Å². The number of ether oxygens (including phenoxy) is 2. The average molecular weight is 232 g/mol. The van der Waals surface area contributed by atoms with Gasteiger partial charge in [0.25, 0.3) is 0 Å². The fourth-order valence-corrected chi connectivity index (χ4v) is 2.95. The number of carbonyl (C=O) groups excluding carboxylic acids is 1. The quantitative estimate of drug-likeness (QED) is 0.515. The molecule has 0 aromatic rings. The molecule has 90 valence electrons. The summed E-state index contributed by atoms with van der Waals surface area (Å²) in [5, 5.41) is 0. The Bertz CT molecular complexity index is 470. The van der Waals surface area contributed by atoms with Crippen LogP contribution in [-0.2, 0) is 14.3 Å². The third-order valence-corrected chi connectivity index (χ3v) is 3.72. The number of hydrogen-bond acceptors (Lipinski definition) is 3. The molecule has 3 nitrogen and oxygen atoms in total. The average Bonchev–Trinajstić information content (AvgIpc) is 2.83. The van der Waals surface area contributed by atoms with Gasteiger partial charge in [0.05, 0.1) is 6.10 Å². The van der Waals surface area contributed by atoms with Gasteiger partial charge < -0.3 is 9.47 Å². The van der Waals surface area contributed by atoms with Crippen LogP contribution in [0.3, 0.4) is 0 Å². The van der Waals surface area contributed by atoms with Gasteiger partial charge in [0.1, 0.15) is 11.4 Å².